The summed E-state index contributed by atoms with van der Waals surface area (Å²) in [6, 6.07) is 8.21. The molecule has 1 aromatic heterocycles. The second-order valence-corrected chi connectivity index (χ2v) is 5.77. The molecule has 1 aromatic carbocycles. The molecule has 1 atom stereocenters. The Morgan fingerprint density at radius 3 is 2.76 bits per heavy atom. The third kappa shape index (κ3) is 5.02. The minimum atomic E-state index is -0.228. The van der Waals surface area contributed by atoms with Crippen LogP contribution in [0.2, 0.25) is 0 Å². The maximum atomic E-state index is 12.8. The van der Waals surface area contributed by atoms with Crippen molar-refractivity contribution in [3.05, 3.63) is 54.1 Å². The Morgan fingerprint density at radius 2 is 2.05 bits per heavy atom. The van der Waals surface area contributed by atoms with E-state index in [0.29, 0.717) is 12.4 Å². The summed E-state index contributed by atoms with van der Waals surface area (Å²) < 4.78 is 18.4. The van der Waals surface area contributed by atoms with Crippen LogP contribution in [0.1, 0.15) is 24.9 Å². The second kappa shape index (κ2) is 8.00. The monoisotopic (exact) mass is 306 g/mol. The standard InChI is InChI=1S/C16H19FN2OS/c1-2-7-20-14-8-12(9-19-10-14)16(18)11-21-15-5-3-13(17)4-6-15/h3-6,8-10,16H,2,7,11,18H2,1H3. The molecule has 0 saturated carbocycles. The first-order chi connectivity index (χ1) is 10.2. The number of halogens is 1. The minimum Gasteiger partial charge on any atom is -0.492 e. The van der Waals surface area contributed by atoms with E-state index < -0.39 is 0 Å². The normalized spacial score (nSPS) is 12.1. The van der Waals surface area contributed by atoms with Gasteiger partial charge in [-0.3, -0.25) is 4.98 Å². The van der Waals surface area contributed by atoms with Crippen LogP contribution in [0, 0.1) is 5.82 Å². The van der Waals surface area contributed by atoms with E-state index in [9.17, 15) is 4.39 Å². The van der Waals surface area contributed by atoms with Crippen LogP contribution in [0.3, 0.4) is 0 Å². The number of hydrogen-bond donors (Lipinski definition) is 1. The summed E-state index contributed by atoms with van der Waals surface area (Å²) in [6.07, 6.45) is 4.41. The van der Waals surface area contributed by atoms with E-state index in [-0.39, 0.29) is 11.9 Å². The van der Waals surface area contributed by atoms with Crippen LogP contribution in [0.25, 0.3) is 0 Å². The topological polar surface area (TPSA) is 48.1 Å². The highest BCUT2D eigenvalue weighted by molar-refractivity contribution is 7.99. The lowest BCUT2D eigenvalue weighted by Crippen LogP contribution is -2.13. The van der Waals surface area contributed by atoms with E-state index in [0.717, 1.165) is 22.6 Å². The molecule has 112 valence electrons. The number of ether oxygens (including phenoxy) is 1. The van der Waals surface area contributed by atoms with Crippen molar-refractivity contribution in [1.29, 1.82) is 0 Å². The molecule has 2 aromatic rings. The molecule has 5 heteroatoms. The van der Waals surface area contributed by atoms with Crippen molar-refractivity contribution in [3.63, 3.8) is 0 Å². The summed E-state index contributed by atoms with van der Waals surface area (Å²) in [6.45, 7) is 2.73. The lowest BCUT2D eigenvalue weighted by Gasteiger charge is -2.13. The summed E-state index contributed by atoms with van der Waals surface area (Å²) in [7, 11) is 0. The van der Waals surface area contributed by atoms with Gasteiger partial charge in [-0.1, -0.05) is 6.92 Å². The number of rotatable bonds is 7. The van der Waals surface area contributed by atoms with Crippen molar-refractivity contribution in [2.75, 3.05) is 12.4 Å². The van der Waals surface area contributed by atoms with E-state index in [1.54, 1.807) is 36.3 Å². The first-order valence-electron chi connectivity index (χ1n) is 6.90. The van der Waals surface area contributed by atoms with Gasteiger partial charge in [-0.25, -0.2) is 4.39 Å². The number of hydrogen-bond acceptors (Lipinski definition) is 4. The minimum absolute atomic E-state index is 0.141. The number of benzene rings is 1. The molecule has 0 aliphatic heterocycles. The Labute approximate surface area is 128 Å². The summed E-state index contributed by atoms with van der Waals surface area (Å²) in [5, 5.41) is 0. The highest BCUT2D eigenvalue weighted by Crippen LogP contribution is 2.24. The van der Waals surface area contributed by atoms with Crippen molar-refractivity contribution < 1.29 is 9.13 Å². The van der Waals surface area contributed by atoms with Gasteiger partial charge < -0.3 is 10.5 Å². The predicted octanol–water partition coefficient (Wildman–Crippen LogP) is 3.80. The van der Waals surface area contributed by atoms with Gasteiger partial charge in [0.15, 0.2) is 0 Å². The molecule has 1 unspecified atom stereocenters. The van der Waals surface area contributed by atoms with Gasteiger partial charge >= 0.3 is 0 Å². The fourth-order valence-corrected chi connectivity index (χ4v) is 2.64. The van der Waals surface area contributed by atoms with Gasteiger partial charge in [0.25, 0.3) is 0 Å². The lowest BCUT2D eigenvalue weighted by molar-refractivity contribution is 0.315. The maximum absolute atomic E-state index is 12.8. The lowest BCUT2D eigenvalue weighted by atomic mass is 10.1. The second-order valence-electron chi connectivity index (χ2n) is 4.67. The average molecular weight is 306 g/mol. The van der Waals surface area contributed by atoms with Crippen LogP contribution in [-0.4, -0.2) is 17.3 Å². The maximum Gasteiger partial charge on any atom is 0.137 e. The number of pyridine rings is 1. The highest BCUT2D eigenvalue weighted by atomic mass is 32.2. The van der Waals surface area contributed by atoms with Crippen LogP contribution in [-0.2, 0) is 0 Å². The Balaban J connectivity index is 1.93. The van der Waals surface area contributed by atoms with Crippen LogP contribution in [0.5, 0.6) is 5.75 Å². The first-order valence-corrected chi connectivity index (χ1v) is 7.89. The Morgan fingerprint density at radius 1 is 1.29 bits per heavy atom. The average Bonchev–Trinajstić information content (AvgIpc) is 2.52. The largest absolute Gasteiger partial charge is 0.492 e. The number of nitrogens with zero attached hydrogens (tertiary/aromatic N) is 1. The van der Waals surface area contributed by atoms with Gasteiger partial charge in [0.05, 0.1) is 12.8 Å². The van der Waals surface area contributed by atoms with Gasteiger partial charge in [0.1, 0.15) is 11.6 Å². The molecule has 21 heavy (non-hydrogen) atoms. The fourth-order valence-electron chi connectivity index (χ4n) is 1.75. The predicted molar refractivity (Wildman–Crippen MR) is 84.1 cm³/mol. The van der Waals surface area contributed by atoms with Crippen LogP contribution < -0.4 is 10.5 Å². The van der Waals surface area contributed by atoms with Crippen molar-refractivity contribution in [1.82, 2.24) is 4.98 Å². The van der Waals surface area contributed by atoms with Gasteiger partial charge in [0, 0.05) is 22.9 Å². The molecule has 0 bridgehead atoms. The zero-order chi connectivity index (χ0) is 15.1. The van der Waals surface area contributed by atoms with Crippen molar-refractivity contribution in [3.8, 4) is 5.75 Å². The summed E-state index contributed by atoms with van der Waals surface area (Å²) in [5.74, 6) is 1.22. The van der Waals surface area contributed by atoms with E-state index in [1.165, 1.54) is 12.1 Å². The molecule has 3 nitrogen and oxygen atoms in total. The summed E-state index contributed by atoms with van der Waals surface area (Å²) >= 11 is 1.60. The Bertz CT molecular complexity index is 562. The van der Waals surface area contributed by atoms with E-state index >= 15 is 0 Å². The van der Waals surface area contributed by atoms with E-state index in [1.807, 2.05) is 6.07 Å². The van der Waals surface area contributed by atoms with Gasteiger partial charge in [-0.2, -0.15) is 0 Å². The van der Waals surface area contributed by atoms with Crippen molar-refractivity contribution in [2.24, 2.45) is 5.73 Å². The Hall–Kier alpha value is -1.59. The van der Waals surface area contributed by atoms with Crippen LogP contribution >= 0.6 is 11.8 Å². The number of aromatic nitrogens is 1. The van der Waals surface area contributed by atoms with E-state index in [4.69, 9.17) is 10.5 Å². The van der Waals surface area contributed by atoms with Crippen molar-refractivity contribution >= 4 is 11.8 Å². The zero-order valence-corrected chi connectivity index (χ0v) is 12.8. The van der Waals surface area contributed by atoms with Crippen LogP contribution in [0.4, 0.5) is 4.39 Å². The quantitative estimate of drug-likeness (QED) is 0.790. The number of thioether (sulfide) groups is 1. The Kier molecular flexibility index (Phi) is 6.02. The third-order valence-corrected chi connectivity index (χ3v) is 4.01. The van der Waals surface area contributed by atoms with Gasteiger partial charge in [0.2, 0.25) is 0 Å². The van der Waals surface area contributed by atoms with E-state index in [2.05, 4.69) is 11.9 Å². The van der Waals surface area contributed by atoms with Crippen molar-refractivity contribution in [2.45, 2.75) is 24.3 Å². The summed E-state index contributed by atoms with van der Waals surface area (Å²) in [4.78, 5) is 5.16. The highest BCUT2D eigenvalue weighted by Gasteiger charge is 2.09. The number of nitrogens with two attached hydrogens (primary N) is 1. The third-order valence-electron chi connectivity index (χ3n) is 2.88. The molecule has 0 aliphatic carbocycles. The molecule has 2 N–H and O–H groups in total. The van der Waals surface area contributed by atoms with Gasteiger partial charge in [-0.15, -0.1) is 11.8 Å². The molecule has 1 heterocycles. The molecule has 0 aliphatic rings. The smallest absolute Gasteiger partial charge is 0.137 e. The summed E-state index contributed by atoms with van der Waals surface area (Å²) in [5.41, 5.74) is 7.12. The van der Waals surface area contributed by atoms with Gasteiger partial charge in [-0.05, 0) is 42.3 Å². The van der Waals surface area contributed by atoms with Crippen LogP contribution in [0.15, 0.2) is 47.6 Å². The molecule has 0 spiro atoms. The molecule has 2 rings (SSSR count). The first kappa shape index (κ1) is 15.8. The molecular formula is C16H19FN2OS. The SMILES string of the molecule is CCCOc1cncc(C(N)CSc2ccc(F)cc2)c1. The molecule has 0 fully saturated rings. The molecule has 0 saturated heterocycles. The molecule has 0 radical (unpaired) electrons. The molecular weight excluding hydrogens is 287 g/mol. The molecule has 0 amide bonds. The fraction of sp³-hybridized carbons (Fsp3) is 0.312. The zero-order valence-electron chi connectivity index (χ0n) is 12.0.